The number of aliphatic carboxylic acids is 2. The molecule has 0 spiro atoms. The van der Waals surface area contributed by atoms with E-state index in [0.29, 0.717) is 19.4 Å². The lowest BCUT2D eigenvalue weighted by atomic mass is 10.1. The van der Waals surface area contributed by atoms with Crippen LogP contribution in [0.15, 0.2) is 0 Å². The first-order valence-corrected chi connectivity index (χ1v) is 6.61. The van der Waals surface area contributed by atoms with Crippen molar-refractivity contribution in [3.05, 3.63) is 0 Å². The van der Waals surface area contributed by atoms with E-state index in [1.807, 2.05) is 0 Å². The van der Waals surface area contributed by atoms with Crippen molar-refractivity contribution in [2.24, 2.45) is 5.73 Å². The van der Waals surface area contributed by atoms with E-state index in [2.05, 4.69) is 5.32 Å². The van der Waals surface area contributed by atoms with E-state index in [1.165, 1.54) is 4.90 Å². The van der Waals surface area contributed by atoms with Crippen LogP contribution in [0.1, 0.15) is 25.7 Å². The van der Waals surface area contributed by atoms with Gasteiger partial charge in [0.15, 0.2) is 0 Å². The Balaban J connectivity index is 2.66. The Kier molecular flexibility index (Phi) is 6.10. The summed E-state index contributed by atoms with van der Waals surface area (Å²) in [4.78, 5) is 46.5. The molecule has 1 aliphatic rings. The summed E-state index contributed by atoms with van der Waals surface area (Å²) in [6.45, 7) is 0.187. The fourth-order valence-corrected chi connectivity index (χ4v) is 2.25. The van der Waals surface area contributed by atoms with Crippen LogP contribution in [0, 0.1) is 0 Å². The first-order chi connectivity index (χ1) is 9.86. The fourth-order valence-electron chi connectivity index (χ4n) is 2.25. The van der Waals surface area contributed by atoms with Crippen LogP contribution < -0.4 is 11.1 Å². The van der Waals surface area contributed by atoms with Gasteiger partial charge in [-0.2, -0.15) is 0 Å². The lowest BCUT2D eigenvalue weighted by molar-refractivity contribution is -0.144. The third-order valence-corrected chi connectivity index (χ3v) is 3.31. The maximum absolute atomic E-state index is 12.1. The first kappa shape index (κ1) is 16.9. The molecule has 2 amide bonds. The van der Waals surface area contributed by atoms with Gasteiger partial charge in [-0.3, -0.25) is 14.4 Å². The summed E-state index contributed by atoms with van der Waals surface area (Å²) in [5.41, 5.74) is 5.26. The van der Waals surface area contributed by atoms with Gasteiger partial charge in [-0.15, -0.1) is 0 Å². The molecule has 118 valence electrons. The van der Waals surface area contributed by atoms with Crippen LogP contribution in [0.5, 0.6) is 0 Å². The van der Waals surface area contributed by atoms with Crippen molar-refractivity contribution in [1.82, 2.24) is 10.2 Å². The van der Waals surface area contributed by atoms with Crippen molar-refractivity contribution in [2.75, 3.05) is 13.1 Å². The molecule has 0 aromatic heterocycles. The average Bonchev–Trinajstić information content (AvgIpc) is 2.91. The second-order valence-corrected chi connectivity index (χ2v) is 4.78. The quantitative estimate of drug-likeness (QED) is 0.441. The summed E-state index contributed by atoms with van der Waals surface area (Å²) >= 11 is 0. The monoisotopic (exact) mass is 301 g/mol. The van der Waals surface area contributed by atoms with Crippen LogP contribution in [0.3, 0.4) is 0 Å². The second-order valence-electron chi connectivity index (χ2n) is 4.78. The van der Waals surface area contributed by atoms with Crippen LogP contribution in [-0.2, 0) is 19.2 Å². The Labute approximate surface area is 121 Å². The molecule has 21 heavy (non-hydrogen) atoms. The third kappa shape index (κ3) is 4.71. The Morgan fingerprint density at radius 2 is 1.95 bits per heavy atom. The molecular weight excluding hydrogens is 282 g/mol. The van der Waals surface area contributed by atoms with Gasteiger partial charge in [0.1, 0.15) is 12.1 Å². The topological polar surface area (TPSA) is 150 Å². The molecule has 0 aliphatic carbocycles. The minimum absolute atomic E-state index is 0.214. The number of likely N-dealkylation sites (tertiary alicyclic amines) is 1. The van der Waals surface area contributed by atoms with E-state index in [1.54, 1.807) is 0 Å². The zero-order valence-corrected chi connectivity index (χ0v) is 11.4. The van der Waals surface area contributed by atoms with Gasteiger partial charge in [-0.05, 0) is 19.3 Å². The van der Waals surface area contributed by atoms with E-state index < -0.39 is 29.9 Å². The van der Waals surface area contributed by atoms with Crippen LogP contribution >= 0.6 is 0 Å². The number of carboxylic acid groups (broad SMARTS) is 2. The SMILES string of the molecule is NCC(=O)N1CCC[C@H]1C(=O)N[C@H](CCC(=O)O)C(=O)O. The van der Waals surface area contributed by atoms with E-state index in [-0.39, 0.29) is 25.3 Å². The van der Waals surface area contributed by atoms with Crippen molar-refractivity contribution in [1.29, 1.82) is 0 Å². The predicted octanol–water partition coefficient (Wildman–Crippen LogP) is -1.63. The number of carboxylic acids is 2. The molecule has 2 atom stereocenters. The van der Waals surface area contributed by atoms with Crippen molar-refractivity contribution in [2.45, 2.75) is 37.8 Å². The smallest absolute Gasteiger partial charge is 0.326 e. The number of nitrogens with two attached hydrogens (primary N) is 1. The molecule has 1 fully saturated rings. The molecule has 5 N–H and O–H groups in total. The largest absolute Gasteiger partial charge is 0.481 e. The first-order valence-electron chi connectivity index (χ1n) is 6.61. The summed E-state index contributed by atoms with van der Waals surface area (Å²) in [6.07, 6.45) is 0.487. The average molecular weight is 301 g/mol. The predicted molar refractivity (Wildman–Crippen MR) is 70.2 cm³/mol. The van der Waals surface area contributed by atoms with Gasteiger partial charge in [0, 0.05) is 13.0 Å². The highest BCUT2D eigenvalue weighted by molar-refractivity contribution is 5.91. The van der Waals surface area contributed by atoms with Crippen molar-refractivity contribution < 1.29 is 29.4 Å². The third-order valence-electron chi connectivity index (χ3n) is 3.31. The summed E-state index contributed by atoms with van der Waals surface area (Å²) in [6, 6.07) is -2.03. The number of carbonyl (C=O) groups excluding carboxylic acids is 2. The lowest BCUT2D eigenvalue weighted by Crippen LogP contribution is -2.51. The molecule has 1 rings (SSSR count). The highest BCUT2D eigenvalue weighted by atomic mass is 16.4. The number of rotatable bonds is 7. The van der Waals surface area contributed by atoms with Crippen molar-refractivity contribution in [3.8, 4) is 0 Å². The van der Waals surface area contributed by atoms with Crippen LogP contribution in [0.4, 0.5) is 0 Å². The second kappa shape index (κ2) is 7.58. The van der Waals surface area contributed by atoms with Crippen LogP contribution in [0.2, 0.25) is 0 Å². The van der Waals surface area contributed by atoms with Crippen molar-refractivity contribution >= 4 is 23.8 Å². The highest BCUT2D eigenvalue weighted by Gasteiger charge is 2.35. The van der Waals surface area contributed by atoms with Gasteiger partial charge in [-0.25, -0.2) is 4.79 Å². The zero-order chi connectivity index (χ0) is 16.0. The molecule has 1 aliphatic heterocycles. The highest BCUT2D eigenvalue weighted by Crippen LogP contribution is 2.17. The summed E-state index contributed by atoms with van der Waals surface area (Å²) < 4.78 is 0. The number of hydrogen-bond donors (Lipinski definition) is 4. The Bertz CT molecular complexity index is 439. The minimum Gasteiger partial charge on any atom is -0.481 e. The van der Waals surface area contributed by atoms with Crippen LogP contribution in [-0.4, -0.2) is 64.0 Å². The summed E-state index contributed by atoms with van der Waals surface area (Å²) in [5, 5.41) is 19.8. The molecule has 9 nitrogen and oxygen atoms in total. The number of hydrogen-bond acceptors (Lipinski definition) is 5. The van der Waals surface area contributed by atoms with E-state index >= 15 is 0 Å². The molecule has 0 bridgehead atoms. The Morgan fingerprint density at radius 3 is 2.48 bits per heavy atom. The molecule has 1 heterocycles. The van der Waals surface area contributed by atoms with Gasteiger partial charge in [0.25, 0.3) is 0 Å². The van der Waals surface area contributed by atoms with Gasteiger partial charge in [0.05, 0.1) is 6.54 Å². The minimum atomic E-state index is -1.31. The molecule has 1 saturated heterocycles. The van der Waals surface area contributed by atoms with Gasteiger partial charge >= 0.3 is 11.9 Å². The molecular formula is C12H19N3O6. The van der Waals surface area contributed by atoms with Crippen LogP contribution in [0.25, 0.3) is 0 Å². The molecule has 0 aromatic rings. The van der Waals surface area contributed by atoms with Gasteiger partial charge < -0.3 is 26.2 Å². The van der Waals surface area contributed by atoms with E-state index in [9.17, 15) is 19.2 Å². The molecule has 9 heteroatoms. The molecule has 0 radical (unpaired) electrons. The van der Waals surface area contributed by atoms with E-state index in [4.69, 9.17) is 15.9 Å². The molecule has 0 unspecified atom stereocenters. The fraction of sp³-hybridized carbons (Fsp3) is 0.667. The van der Waals surface area contributed by atoms with Crippen molar-refractivity contribution in [3.63, 3.8) is 0 Å². The lowest BCUT2D eigenvalue weighted by Gasteiger charge is -2.25. The van der Waals surface area contributed by atoms with Gasteiger partial charge in [-0.1, -0.05) is 0 Å². The number of nitrogens with one attached hydrogen (secondary N) is 1. The van der Waals surface area contributed by atoms with E-state index in [0.717, 1.165) is 0 Å². The molecule has 0 saturated carbocycles. The Hall–Kier alpha value is -2.16. The summed E-state index contributed by atoms with van der Waals surface area (Å²) in [7, 11) is 0. The number of amides is 2. The Morgan fingerprint density at radius 1 is 1.29 bits per heavy atom. The maximum atomic E-state index is 12.1. The van der Waals surface area contributed by atoms with Gasteiger partial charge in [0.2, 0.25) is 11.8 Å². The normalized spacial score (nSPS) is 19.1. The molecule has 0 aromatic carbocycles. The number of nitrogens with zero attached hydrogens (tertiary/aromatic N) is 1. The standard InChI is InChI=1S/C12H19N3O6/c13-6-9(16)15-5-1-2-8(15)11(19)14-7(12(20)21)3-4-10(17)18/h7-8H,1-6,13H2,(H,14,19)(H,17,18)(H,20,21)/t7-,8+/m1/s1. The summed E-state index contributed by atoms with van der Waals surface area (Å²) in [5.74, 6) is -3.41. The maximum Gasteiger partial charge on any atom is 0.326 e. The zero-order valence-electron chi connectivity index (χ0n) is 11.4. The number of carbonyl (C=O) groups is 4.